The summed E-state index contributed by atoms with van der Waals surface area (Å²) in [7, 11) is 0. The van der Waals surface area contributed by atoms with Gasteiger partial charge in [0.1, 0.15) is 0 Å². The van der Waals surface area contributed by atoms with E-state index in [0.717, 1.165) is 10.6 Å². The second-order valence-corrected chi connectivity index (χ2v) is 5.38. The number of thiophene rings is 1. The number of halogens is 1. The molecule has 0 saturated carbocycles. The van der Waals surface area contributed by atoms with Crippen molar-refractivity contribution in [3.05, 3.63) is 57.2 Å². The van der Waals surface area contributed by atoms with E-state index in [-0.39, 0.29) is 6.04 Å². The molecular formula is C14H16ClNS. The standard InChI is InChI=1S/C14H16ClNS/c1-10(12-7-8-17-9-12)16-11(2)13-5-3-4-6-14(13)15/h3-11,16H,1-2H3. The van der Waals surface area contributed by atoms with Crippen LogP contribution in [-0.2, 0) is 0 Å². The highest BCUT2D eigenvalue weighted by molar-refractivity contribution is 7.07. The third-order valence-electron chi connectivity index (χ3n) is 2.91. The van der Waals surface area contributed by atoms with Crippen molar-refractivity contribution in [2.45, 2.75) is 25.9 Å². The largest absolute Gasteiger partial charge is 0.304 e. The third kappa shape index (κ3) is 3.09. The highest BCUT2D eigenvalue weighted by atomic mass is 35.5. The number of rotatable bonds is 4. The van der Waals surface area contributed by atoms with Gasteiger partial charge in [0.05, 0.1) is 0 Å². The molecule has 0 bridgehead atoms. The summed E-state index contributed by atoms with van der Waals surface area (Å²) in [6, 6.07) is 10.7. The van der Waals surface area contributed by atoms with Crippen LogP contribution in [0.5, 0.6) is 0 Å². The first-order chi connectivity index (χ1) is 8.18. The maximum Gasteiger partial charge on any atom is 0.0453 e. The van der Waals surface area contributed by atoms with Crippen LogP contribution < -0.4 is 5.32 Å². The number of nitrogens with one attached hydrogen (secondary N) is 1. The van der Waals surface area contributed by atoms with E-state index in [0.29, 0.717) is 6.04 Å². The molecular weight excluding hydrogens is 250 g/mol. The van der Waals surface area contributed by atoms with Gasteiger partial charge in [-0.05, 0) is 47.9 Å². The van der Waals surface area contributed by atoms with Gasteiger partial charge in [-0.1, -0.05) is 29.8 Å². The lowest BCUT2D eigenvalue weighted by Crippen LogP contribution is -2.22. The third-order valence-corrected chi connectivity index (χ3v) is 3.96. The average molecular weight is 266 g/mol. The van der Waals surface area contributed by atoms with Crippen molar-refractivity contribution in [2.75, 3.05) is 0 Å². The Morgan fingerprint density at radius 2 is 1.88 bits per heavy atom. The van der Waals surface area contributed by atoms with Gasteiger partial charge < -0.3 is 5.32 Å². The fraction of sp³-hybridized carbons (Fsp3) is 0.286. The molecule has 1 aromatic carbocycles. The Balaban J connectivity index is 2.07. The van der Waals surface area contributed by atoms with E-state index >= 15 is 0 Å². The van der Waals surface area contributed by atoms with Crippen LogP contribution in [-0.4, -0.2) is 0 Å². The summed E-state index contributed by atoms with van der Waals surface area (Å²) in [5, 5.41) is 8.67. The summed E-state index contributed by atoms with van der Waals surface area (Å²) in [6.45, 7) is 4.32. The summed E-state index contributed by atoms with van der Waals surface area (Å²) in [4.78, 5) is 0. The van der Waals surface area contributed by atoms with Crippen LogP contribution in [0.3, 0.4) is 0 Å². The minimum absolute atomic E-state index is 0.249. The number of hydrogen-bond acceptors (Lipinski definition) is 2. The van der Waals surface area contributed by atoms with E-state index in [9.17, 15) is 0 Å². The first-order valence-corrected chi connectivity index (χ1v) is 7.03. The molecule has 0 aliphatic rings. The highest BCUT2D eigenvalue weighted by Crippen LogP contribution is 2.25. The molecule has 1 N–H and O–H groups in total. The monoisotopic (exact) mass is 265 g/mol. The van der Waals surface area contributed by atoms with Gasteiger partial charge >= 0.3 is 0 Å². The molecule has 1 nitrogen and oxygen atoms in total. The van der Waals surface area contributed by atoms with Gasteiger partial charge in [0, 0.05) is 17.1 Å². The molecule has 90 valence electrons. The lowest BCUT2D eigenvalue weighted by atomic mass is 10.1. The van der Waals surface area contributed by atoms with Gasteiger partial charge in [0.2, 0.25) is 0 Å². The molecule has 0 amide bonds. The first-order valence-electron chi connectivity index (χ1n) is 5.71. The van der Waals surface area contributed by atoms with E-state index in [4.69, 9.17) is 11.6 Å². The smallest absolute Gasteiger partial charge is 0.0453 e. The Hall–Kier alpha value is -0.830. The highest BCUT2D eigenvalue weighted by Gasteiger charge is 2.13. The molecule has 2 rings (SSSR count). The van der Waals surface area contributed by atoms with E-state index in [2.05, 4.69) is 42.1 Å². The molecule has 17 heavy (non-hydrogen) atoms. The first kappa shape index (κ1) is 12.6. The molecule has 3 heteroatoms. The van der Waals surface area contributed by atoms with E-state index in [1.54, 1.807) is 11.3 Å². The zero-order valence-electron chi connectivity index (χ0n) is 9.98. The molecule has 2 aromatic rings. The van der Waals surface area contributed by atoms with E-state index in [1.807, 2.05) is 18.2 Å². The molecule has 0 aliphatic heterocycles. The topological polar surface area (TPSA) is 12.0 Å². The summed E-state index contributed by atoms with van der Waals surface area (Å²) in [5.41, 5.74) is 2.48. The van der Waals surface area contributed by atoms with Crippen molar-refractivity contribution in [2.24, 2.45) is 0 Å². The van der Waals surface area contributed by atoms with E-state index < -0.39 is 0 Å². The van der Waals surface area contributed by atoms with Crippen LogP contribution in [0.4, 0.5) is 0 Å². The molecule has 1 heterocycles. The minimum Gasteiger partial charge on any atom is -0.304 e. The van der Waals surface area contributed by atoms with Crippen molar-refractivity contribution in [1.82, 2.24) is 5.32 Å². The second-order valence-electron chi connectivity index (χ2n) is 4.19. The van der Waals surface area contributed by atoms with Gasteiger partial charge in [-0.15, -0.1) is 0 Å². The lowest BCUT2D eigenvalue weighted by molar-refractivity contribution is 0.496. The Labute approximate surface area is 111 Å². The Morgan fingerprint density at radius 1 is 1.12 bits per heavy atom. The molecule has 0 fully saturated rings. The number of benzene rings is 1. The normalized spacial score (nSPS) is 14.5. The molecule has 2 atom stereocenters. The van der Waals surface area contributed by atoms with Crippen LogP contribution >= 0.6 is 22.9 Å². The van der Waals surface area contributed by atoms with Crippen LogP contribution in [0, 0.1) is 0 Å². The summed E-state index contributed by atoms with van der Waals surface area (Å²) < 4.78 is 0. The van der Waals surface area contributed by atoms with Gasteiger partial charge in [0.15, 0.2) is 0 Å². The predicted molar refractivity (Wildman–Crippen MR) is 75.7 cm³/mol. The molecule has 2 unspecified atom stereocenters. The van der Waals surface area contributed by atoms with Crippen LogP contribution in [0.15, 0.2) is 41.1 Å². The summed E-state index contributed by atoms with van der Waals surface area (Å²) in [5.74, 6) is 0. The molecule has 1 aromatic heterocycles. The quantitative estimate of drug-likeness (QED) is 0.836. The van der Waals surface area contributed by atoms with Crippen molar-refractivity contribution >= 4 is 22.9 Å². The summed E-state index contributed by atoms with van der Waals surface area (Å²) >= 11 is 7.92. The Bertz CT molecular complexity index is 467. The number of hydrogen-bond donors (Lipinski definition) is 1. The zero-order valence-corrected chi connectivity index (χ0v) is 11.6. The zero-order chi connectivity index (χ0) is 12.3. The summed E-state index contributed by atoms with van der Waals surface area (Å²) in [6.07, 6.45) is 0. The fourth-order valence-corrected chi connectivity index (χ4v) is 2.96. The molecule has 0 spiro atoms. The average Bonchev–Trinajstić information content (AvgIpc) is 2.82. The van der Waals surface area contributed by atoms with Crippen molar-refractivity contribution in [3.8, 4) is 0 Å². The Kier molecular flexibility index (Phi) is 4.21. The van der Waals surface area contributed by atoms with Crippen LogP contribution in [0.1, 0.15) is 37.1 Å². The Morgan fingerprint density at radius 3 is 2.53 bits per heavy atom. The van der Waals surface area contributed by atoms with Crippen LogP contribution in [0.2, 0.25) is 5.02 Å². The van der Waals surface area contributed by atoms with Crippen LogP contribution in [0.25, 0.3) is 0 Å². The maximum atomic E-state index is 6.19. The SMILES string of the molecule is CC(NC(C)c1ccccc1Cl)c1ccsc1. The minimum atomic E-state index is 0.249. The van der Waals surface area contributed by atoms with Gasteiger partial charge in [-0.25, -0.2) is 0 Å². The fourth-order valence-electron chi connectivity index (χ4n) is 1.91. The van der Waals surface area contributed by atoms with Gasteiger partial charge in [-0.3, -0.25) is 0 Å². The van der Waals surface area contributed by atoms with E-state index in [1.165, 1.54) is 5.56 Å². The second kappa shape index (κ2) is 5.67. The van der Waals surface area contributed by atoms with Crippen molar-refractivity contribution < 1.29 is 0 Å². The van der Waals surface area contributed by atoms with Gasteiger partial charge in [0.25, 0.3) is 0 Å². The van der Waals surface area contributed by atoms with Crippen molar-refractivity contribution in [1.29, 1.82) is 0 Å². The molecule has 0 saturated heterocycles. The van der Waals surface area contributed by atoms with Gasteiger partial charge in [-0.2, -0.15) is 11.3 Å². The molecule has 0 radical (unpaired) electrons. The predicted octanol–water partition coefficient (Wildman–Crippen LogP) is 4.81. The molecule has 0 aliphatic carbocycles. The van der Waals surface area contributed by atoms with Crippen molar-refractivity contribution in [3.63, 3.8) is 0 Å². The maximum absolute atomic E-state index is 6.19. The lowest BCUT2D eigenvalue weighted by Gasteiger charge is -2.20.